The topological polar surface area (TPSA) is 46.4 Å². The summed E-state index contributed by atoms with van der Waals surface area (Å²) in [6.45, 7) is 5.87. The van der Waals surface area contributed by atoms with Crippen LogP contribution in [0.2, 0.25) is 13.1 Å². The lowest BCUT2D eigenvalue weighted by Gasteiger charge is -2.34. The van der Waals surface area contributed by atoms with Crippen LogP contribution < -0.4 is 35.5 Å². The van der Waals surface area contributed by atoms with Crippen LogP contribution in [0.3, 0.4) is 0 Å². The second kappa shape index (κ2) is 7.77. The van der Waals surface area contributed by atoms with Crippen molar-refractivity contribution >= 4 is 35.7 Å². The van der Waals surface area contributed by atoms with E-state index < -0.39 is 48.4 Å². The number of carboxylic acid groups (broad SMARTS) is 1. The van der Waals surface area contributed by atoms with Gasteiger partial charge in [-0.1, -0.05) is 13.1 Å². The van der Waals surface area contributed by atoms with Crippen LogP contribution in [0.5, 0.6) is 0 Å². The summed E-state index contributed by atoms with van der Waals surface area (Å²) in [5.41, 5.74) is 1.48. The number of carbonyl (C=O) groups is 1. The quantitative estimate of drug-likeness (QED) is 0.163. The van der Waals surface area contributed by atoms with Crippen molar-refractivity contribution in [3.05, 3.63) is 85.9 Å². The van der Waals surface area contributed by atoms with Gasteiger partial charge in [-0.25, -0.2) is 22.1 Å². The van der Waals surface area contributed by atoms with Crippen LogP contribution in [-0.4, -0.2) is 41.2 Å². The molecular formula is C28H24F4N2O2Si. The summed E-state index contributed by atoms with van der Waals surface area (Å²) in [5.74, 6) is -10.0. The normalized spacial score (nSPS) is 17.0. The first-order valence-corrected chi connectivity index (χ1v) is 15.2. The number of fused-ring (bicyclic) bond motifs is 4. The van der Waals surface area contributed by atoms with Gasteiger partial charge in [0.05, 0.1) is 5.97 Å². The molecule has 0 spiro atoms. The Morgan fingerprint density at radius 2 is 1.65 bits per heavy atom. The molecule has 0 aliphatic carbocycles. The maximum absolute atomic E-state index is 15.6. The van der Waals surface area contributed by atoms with Crippen LogP contribution in [-0.2, 0) is 12.8 Å². The largest absolute Gasteiger partial charge is 0.545 e. The van der Waals surface area contributed by atoms with Gasteiger partial charge in [-0.2, -0.15) is 0 Å². The highest BCUT2D eigenvalue weighted by atomic mass is 28.3. The Morgan fingerprint density at radius 3 is 2.35 bits per heavy atom. The van der Waals surface area contributed by atoms with Crippen LogP contribution >= 0.6 is 0 Å². The zero-order valence-electron chi connectivity index (χ0n) is 20.9. The molecule has 3 aliphatic rings. The molecule has 0 saturated carbocycles. The summed E-state index contributed by atoms with van der Waals surface area (Å²) in [5, 5.41) is 15.5. The van der Waals surface area contributed by atoms with E-state index in [4.69, 9.17) is 0 Å². The number of aromatic carboxylic acids is 1. The van der Waals surface area contributed by atoms with E-state index in [1.54, 1.807) is 0 Å². The van der Waals surface area contributed by atoms with Crippen molar-refractivity contribution in [2.45, 2.75) is 25.9 Å². The second-order valence-corrected chi connectivity index (χ2v) is 15.0. The average Bonchev–Trinajstić information content (AvgIpc) is 3.40. The Balaban J connectivity index is 1.88. The number of rotatable bonds is 2. The van der Waals surface area contributed by atoms with E-state index in [2.05, 4.69) is 34.7 Å². The fourth-order valence-electron chi connectivity index (χ4n) is 6.26. The summed E-state index contributed by atoms with van der Waals surface area (Å²) in [6, 6.07) is 7.88. The monoisotopic (exact) mass is 524 g/mol. The van der Waals surface area contributed by atoms with Crippen molar-refractivity contribution < 1.29 is 27.5 Å². The van der Waals surface area contributed by atoms with Gasteiger partial charge in [-0.15, -0.1) is 0 Å². The Labute approximate surface area is 211 Å². The first-order valence-electron chi connectivity index (χ1n) is 12.2. The van der Waals surface area contributed by atoms with Gasteiger partial charge in [0.15, 0.2) is 23.3 Å². The van der Waals surface area contributed by atoms with E-state index >= 15 is 4.39 Å². The van der Waals surface area contributed by atoms with Gasteiger partial charge in [0.1, 0.15) is 21.7 Å². The van der Waals surface area contributed by atoms with Gasteiger partial charge in [0.2, 0.25) is 5.36 Å². The van der Waals surface area contributed by atoms with E-state index in [1.165, 1.54) is 0 Å². The fraction of sp³-hybridized carbons (Fsp3) is 0.286. The van der Waals surface area contributed by atoms with Gasteiger partial charge >= 0.3 is 0 Å². The number of carboxylic acids is 1. The van der Waals surface area contributed by atoms with Crippen molar-refractivity contribution in [2.24, 2.45) is 0 Å². The van der Waals surface area contributed by atoms with Crippen LogP contribution in [0.1, 0.15) is 32.6 Å². The Morgan fingerprint density at radius 1 is 0.946 bits per heavy atom. The molecule has 0 radical (unpaired) electrons. The van der Waals surface area contributed by atoms with Crippen LogP contribution in [0.4, 0.5) is 23.2 Å². The number of likely N-dealkylation sites (N-methyl/N-ethyl adjacent to an activating group) is 2. The molecule has 0 unspecified atom stereocenters. The van der Waals surface area contributed by atoms with Crippen LogP contribution in [0.25, 0.3) is 5.57 Å². The van der Waals surface area contributed by atoms with Gasteiger partial charge in [-0.05, 0) is 56.9 Å². The van der Waals surface area contributed by atoms with Crippen molar-refractivity contribution in [3.8, 4) is 0 Å². The molecule has 3 aromatic carbocycles. The molecule has 3 aromatic rings. The Kier molecular flexibility index (Phi) is 5.02. The highest BCUT2D eigenvalue weighted by molar-refractivity contribution is 7.01. The number of carbonyl (C=O) groups excluding carboxylic acids is 1. The molecule has 3 heterocycles. The standard InChI is InChI=1S/C28H24F4N2O2Si/c1-33-7-5-13-9-15-19(11-17(13)33)37(3,4)20-12-18-14(6-8-34(18)2)10-16(20)21(15)22-23(28(35)36)25(30)27(32)26(31)24(22)29/h9-12H,5-8H2,1-4H3. The molecule has 190 valence electrons. The van der Waals surface area contributed by atoms with Crippen molar-refractivity contribution in [2.75, 3.05) is 32.1 Å². The Bertz CT molecular complexity index is 1710. The second-order valence-electron chi connectivity index (χ2n) is 10.7. The molecule has 0 fully saturated rings. The predicted octanol–water partition coefficient (Wildman–Crippen LogP) is 0.659. The lowest BCUT2D eigenvalue weighted by atomic mass is 9.88. The zero-order valence-corrected chi connectivity index (χ0v) is 21.9. The first-order chi connectivity index (χ1) is 17.4. The molecule has 0 N–H and O–H groups in total. The van der Waals surface area contributed by atoms with Crippen molar-refractivity contribution in [1.82, 2.24) is 4.58 Å². The van der Waals surface area contributed by atoms with Crippen molar-refractivity contribution in [1.29, 1.82) is 0 Å². The van der Waals surface area contributed by atoms with Crippen molar-refractivity contribution in [3.63, 3.8) is 0 Å². The fourth-order valence-corrected chi connectivity index (χ4v) is 9.29. The molecule has 37 heavy (non-hydrogen) atoms. The van der Waals surface area contributed by atoms with Gasteiger partial charge < -0.3 is 14.8 Å². The zero-order chi connectivity index (χ0) is 26.5. The number of hydrogen-bond acceptors (Lipinski definition) is 3. The number of nitrogens with zero attached hydrogens (tertiary/aromatic N) is 2. The Hall–Kier alpha value is -3.46. The highest BCUT2D eigenvalue weighted by Crippen LogP contribution is 2.36. The van der Waals surface area contributed by atoms with Crippen LogP contribution in [0, 0.1) is 23.3 Å². The summed E-state index contributed by atoms with van der Waals surface area (Å²) in [4.78, 5) is 14.2. The summed E-state index contributed by atoms with van der Waals surface area (Å²) >= 11 is 0. The lowest BCUT2D eigenvalue weighted by molar-refractivity contribution is -0.255. The molecular weight excluding hydrogens is 500 g/mol. The van der Waals surface area contributed by atoms with Gasteiger partial charge in [0.25, 0.3) is 0 Å². The van der Waals surface area contributed by atoms with E-state index in [9.17, 15) is 23.1 Å². The molecule has 0 saturated heterocycles. The molecule has 0 aromatic heterocycles. The number of benzene rings is 3. The summed E-state index contributed by atoms with van der Waals surface area (Å²) in [6.07, 6.45) is 1.44. The summed E-state index contributed by atoms with van der Waals surface area (Å²) < 4.78 is 61.6. The van der Waals surface area contributed by atoms with Gasteiger partial charge in [-0.3, -0.25) is 0 Å². The average molecular weight is 525 g/mol. The minimum Gasteiger partial charge on any atom is -0.545 e. The highest BCUT2D eigenvalue weighted by Gasteiger charge is 2.40. The van der Waals surface area contributed by atoms with E-state index in [0.717, 1.165) is 58.5 Å². The van der Waals surface area contributed by atoms with E-state index in [1.807, 2.05) is 26.2 Å². The molecule has 6 rings (SSSR count). The molecule has 3 aliphatic heterocycles. The van der Waals surface area contributed by atoms with E-state index in [0.29, 0.717) is 10.8 Å². The molecule has 0 amide bonds. The smallest absolute Gasteiger partial charge is 0.203 e. The molecule has 9 heteroatoms. The predicted molar refractivity (Wildman–Crippen MR) is 134 cm³/mol. The molecule has 0 bridgehead atoms. The molecule has 0 atom stereocenters. The maximum Gasteiger partial charge on any atom is 0.203 e. The first kappa shape index (κ1) is 23.9. The third kappa shape index (κ3) is 3.12. The third-order valence-corrected chi connectivity index (χ3v) is 11.8. The number of hydrogen-bond donors (Lipinski definition) is 0. The van der Waals surface area contributed by atoms with Crippen LogP contribution in [0.15, 0.2) is 24.3 Å². The molecule has 4 nitrogen and oxygen atoms in total. The number of anilines is 1. The SMILES string of the molecule is CN1CCc2cc3c(cc21)[Si](C)(C)c1cc2c(cc1=C3c1c(F)c(F)c(F)c(F)c1C(=O)[O-])CC[N+]=2C. The van der Waals surface area contributed by atoms with E-state index in [-0.39, 0.29) is 5.57 Å². The third-order valence-electron chi connectivity index (χ3n) is 8.30. The maximum atomic E-state index is 15.6. The number of halogens is 4. The minimum absolute atomic E-state index is 0.0704. The minimum atomic E-state index is -2.47. The van der Waals surface area contributed by atoms with Gasteiger partial charge in [0, 0.05) is 48.5 Å². The lowest BCUT2D eigenvalue weighted by Crippen LogP contribution is -2.64. The summed E-state index contributed by atoms with van der Waals surface area (Å²) in [7, 11) is 1.49.